The average molecular weight is 196 g/mol. The molecule has 0 spiro atoms. The lowest BCUT2D eigenvalue weighted by atomic mass is 10.4. The molecule has 2 aromatic heterocycles. The van der Waals surface area contributed by atoms with Crippen LogP contribution in [-0.2, 0) is 6.54 Å². The standard InChI is InChI=1S/C7H8N4OS/c1-5-2-6(11-12-5)3-8-7-10-9-4-13-7/h2,4H,3H2,1H3,(H,8,10). The van der Waals surface area contributed by atoms with Gasteiger partial charge in [-0.25, -0.2) is 0 Å². The summed E-state index contributed by atoms with van der Waals surface area (Å²) in [5.74, 6) is 0.814. The highest BCUT2D eigenvalue weighted by atomic mass is 32.1. The van der Waals surface area contributed by atoms with E-state index in [0.29, 0.717) is 6.54 Å². The Morgan fingerprint density at radius 1 is 1.62 bits per heavy atom. The van der Waals surface area contributed by atoms with Crippen LogP contribution >= 0.6 is 11.3 Å². The van der Waals surface area contributed by atoms with Crippen LogP contribution in [0.15, 0.2) is 16.1 Å². The van der Waals surface area contributed by atoms with Crippen molar-refractivity contribution in [2.45, 2.75) is 13.5 Å². The summed E-state index contributed by atoms with van der Waals surface area (Å²) in [4.78, 5) is 0. The maximum Gasteiger partial charge on any atom is 0.205 e. The first-order valence-corrected chi connectivity index (χ1v) is 4.65. The van der Waals surface area contributed by atoms with Crippen molar-refractivity contribution in [1.29, 1.82) is 0 Å². The second-order valence-electron chi connectivity index (χ2n) is 2.53. The minimum atomic E-state index is 0.618. The van der Waals surface area contributed by atoms with Gasteiger partial charge < -0.3 is 9.84 Å². The molecule has 0 saturated carbocycles. The van der Waals surface area contributed by atoms with Gasteiger partial charge in [-0.2, -0.15) is 0 Å². The molecule has 0 radical (unpaired) electrons. The van der Waals surface area contributed by atoms with Gasteiger partial charge in [0.15, 0.2) is 0 Å². The van der Waals surface area contributed by atoms with Crippen LogP contribution in [0.3, 0.4) is 0 Å². The van der Waals surface area contributed by atoms with Crippen molar-refractivity contribution >= 4 is 16.5 Å². The molecule has 2 heterocycles. The van der Waals surface area contributed by atoms with Crippen molar-refractivity contribution in [1.82, 2.24) is 15.4 Å². The quantitative estimate of drug-likeness (QED) is 0.804. The van der Waals surface area contributed by atoms with Crippen LogP contribution in [0.4, 0.5) is 5.13 Å². The Hall–Kier alpha value is -1.43. The van der Waals surface area contributed by atoms with Crippen molar-refractivity contribution in [3.8, 4) is 0 Å². The summed E-state index contributed by atoms with van der Waals surface area (Å²) in [6.45, 7) is 2.48. The van der Waals surface area contributed by atoms with Crippen molar-refractivity contribution in [3.63, 3.8) is 0 Å². The highest BCUT2D eigenvalue weighted by Crippen LogP contribution is 2.10. The molecular weight excluding hydrogens is 188 g/mol. The summed E-state index contributed by atoms with van der Waals surface area (Å²) < 4.78 is 4.91. The lowest BCUT2D eigenvalue weighted by Crippen LogP contribution is -1.98. The van der Waals surface area contributed by atoms with Gasteiger partial charge in [0.05, 0.1) is 6.54 Å². The molecule has 0 aliphatic rings. The normalized spacial score (nSPS) is 10.2. The summed E-state index contributed by atoms with van der Waals surface area (Å²) in [5.41, 5.74) is 2.55. The fourth-order valence-corrected chi connectivity index (χ4v) is 1.36. The molecule has 0 aliphatic heterocycles. The van der Waals surface area contributed by atoms with E-state index >= 15 is 0 Å². The van der Waals surface area contributed by atoms with Crippen LogP contribution in [0.5, 0.6) is 0 Å². The fraction of sp³-hybridized carbons (Fsp3) is 0.286. The van der Waals surface area contributed by atoms with E-state index in [0.717, 1.165) is 16.6 Å². The largest absolute Gasteiger partial charge is 0.361 e. The molecule has 6 heteroatoms. The molecule has 68 valence electrons. The minimum absolute atomic E-state index is 0.618. The van der Waals surface area contributed by atoms with E-state index in [1.165, 1.54) is 11.3 Å². The molecule has 0 amide bonds. The molecule has 0 aliphatic carbocycles. The Bertz CT molecular complexity index is 370. The fourth-order valence-electron chi connectivity index (χ4n) is 0.918. The lowest BCUT2D eigenvalue weighted by Gasteiger charge is -1.95. The summed E-state index contributed by atoms with van der Waals surface area (Å²) in [6, 6.07) is 1.88. The topological polar surface area (TPSA) is 63.8 Å². The van der Waals surface area contributed by atoms with E-state index in [1.54, 1.807) is 5.51 Å². The number of nitrogens with one attached hydrogen (secondary N) is 1. The van der Waals surface area contributed by atoms with Crippen LogP contribution in [0, 0.1) is 6.92 Å². The molecule has 2 aromatic rings. The van der Waals surface area contributed by atoms with Gasteiger partial charge in [-0.15, -0.1) is 10.2 Å². The second-order valence-corrected chi connectivity index (χ2v) is 3.36. The second kappa shape index (κ2) is 3.53. The van der Waals surface area contributed by atoms with Crippen LogP contribution in [0.25, 0.3) is 0 Å². The van der Waals surface area contributed by atoms with Crippen LogP contribution < -0.4 is 5.32 Å². The molecule has 5 nitrogen and oxygen atoms in total. The van der Waals surface area contributed by atoms with Crippen molar-refractivity contribution < 1.29 is 4.52 Å². The van der Waals surface area contributed by atoms with E-state index in [4.69, 9.17) is 4.52 Å². The maximum atomic E-state index is 4.91. The van der Waals surface area contributed by atoms with Gasteiger partial charge in [-0.1, -0.05) is 16.5 Å². The number of anilines is 1. The molecule has 0 bridgehead atoms. The van der Waals surface area contributed by atoms with Gasteiger partial charge in [-0.05, 0) is 6.92 Å². The Labute approximate surface area is 78.8 Å². The Balaban J connectivity index is 1.93. The van der Waals surface area contributed by atoms with Gasteiger partial charge in [-0.3, -0.25) is 0 Å². The first kappa shape index (κ1) is 8.18. The Morgan fingerprint density at radius 2 is 2.54 bits per heavy atom. The zero-order valence-corrected chi connectivity index (χ0v) is 7.84. The number of hydrogen-bond acceptors (Lipinski definition) is 6. The van der Waals surface area contributed by atoms with Crippen LogP contribution in [0.1, 0.15) is 11.5 Å². The zero-order chi connectivity index (χ0) is 9.10. The van der Waals surface area contributed by atoms with Crippen molar-refractivity contribution in [2.24, 2.45) is 0 Å². The number of nitrogens with zero attached hydrogens (tertiary/aromatic N) is 3. The number of aryl methyl sites for hydroxylation is 1. The molecule has 1 N–H and O–H groups in total. The predicted molar refractivity (Wildman–Crippen MR) is 48.5 cm³/mol. The van der Waals surface area contributed by atoms with Gasteiger partial charge in [0.2, 0.25) is 5.13 Å². The monoisotopic (exact) mass is 196 g/mol. The highest BCUT2D eigenvalue weighted by Gasteiger charge is 2.00. The third-order valence-electron chi connectivity index (χ3n) is 1.46. The minimum Gasteiger partial charge on any atom is -0.361 e. The summed E-state index contributed by atoms with van der Waals surface area (Å²) in [5, 5.41) is 15.2. The van der Waals surface area contributed by atoms with Crippen LogP contribution in [0.2, 0.25) is 0 Å². The lowest BCUT2D eigenvalue weighted by molar-refractivity contribution is 0.391. The Morgan fingerprint density at radius 3 is 3.15 bits per heavy atom. The SMILES string of the molecule is Cc1cc(CNc2nncs2)no1. The third-order valence-corrected chi connectivity index (χ3v) is 2.11. The van der Waals surface area contributed by atoms with Crippen LogP contribution in [-0.4, -0.2) is 15.4 Å². The van der Waals surface area contributed by atoms with E-state index < -0.39 is 0 Å². The van der Waals surface area contributed by atoms with E-state index in [-0.39, 0.29) is 0 Å². The first-order valence-electron chi connectivity index (χ1n) is 3.77. The number of hydrogen-bond donors (Lipinski definition) is 1. The molecule has 0 fully saturated rings. The molecule has 0 unspecified atom stereocenters. The summed E-state index contributed by atoms with van der Waals surface area (Å²) in [7, 11) is 0. The molecular formula is C7H8N4OS. The molecule has 0 saturated heterocycles. The average Bonchev–Trinajstić information content (AvgIpc) is 2.71. The smallest absolute Gasteiger partial charge is 0.205 e. The van der Waals surface area contributed by atoms with Gasteiger partial charge in [0, 0.05) is 6.07 Å². The highest BCUT2D eigenvalue weighted by molar-refractivity contribution is 7.13. The van der Waals surface area contributed by atoms with E-state index in [1.807, 2.05) is 13.0 Å². The maximum absolute atomic E-state index is 4.91. The molecule has 13 heavy (non-hydrogen) atoms. The molecule has 0 aromatic carbocycles. The Kier molecular flexibility index (Phi) is 2.22. The first-order chi connectivity index (χ1) is 6.34. The summed E-state index contributed by atoms with van der Waals surface area (Å²) in [6.07, 6.45) is 0. The van der Waals surface area contributed by atoms with Gasteiger partial charge >= 0.3 is 0 Å². The van der Waals surface area contributed by atoms with Crippen molar-refractivity contribution in [2.75, 3.05) is 5.32 Å². The van der Waals surface area contributed by atoms with Gasteiger partial charge in [0.25, 0.3) is 0 Å². The van der Waals surface area contributed by atoms with Gasteiger partial charge in [0.1, 0.15) is 17.0 Å². The number of rotatable bonds is 3. The summed E-state index contributed by atoms with van der Waals surface area (Å²) >= 11 is 1.46. The third kappa shape index (κ3) is 2.03. The van der Waals surface area contributed by atoms with Crippen molar-refractivity contribution in [3.05, 3.63) is 23.0 Å². The van der Waals surface area contributed by atoms with E-state index in [9.17, 15) is 0 Å². The number of aromatic nitrogens is 3. The van der Waals surface area contributed by atoms with E-state index in [2.05, 4.69) is 20.7 Å². The predicted octanol–water partition coefficient (Wildman–Crippen LogP) is 1.45. The zero-order valence-electron chi connectivity index (χ0n) is 7.02. The molecule has 0 atom stereocenters. The molecule has 2 rings (SSSR count).